The number of aliphatic imine (C=N–C) groups is 1. The largest absolute Gasteiger partial charge is 0.370 e. The van der Waals surface area contributed by atoms with E-state index in [1.807, 2.05) is 0 Å². The lowest BCUT2D eigenvalue weighted by atomic mass is 9.95. The predicted octanol–water partition coefficient (Wildman–Crippen LogP) is 1.80. The van der Waals surface area contributed by atoms with E-state index < -0.39 is 0 Å². The maximum absolute atomic E-state index is 11.3. The van der Waals surface area contributed by atoms with E-state index in [1.165, 1.54) is 32.4 Å². The van der Waals surface area contributed by atoms with Crippen LogP contribution in [0.4, 0.5) is 0 Å². The van der Waals surface area contributed by atoms with Crippen molar-refractivity contribution in [2.45, 2.75) is 64.8 Å². The van der Waals surface area contributed by atoms with Gasteiger partial charge in [-0.2, -0.15) is 0 Å². The van der Waals surface area contributed by atoms with E-state index >= 15 is 0 Å². The molecule has 2 saturated heterocycles. The van der Waals surface area contributed by atoms with Crippen LogP contribution in [0.2, 0.25) is 0 Å². The molecule has 0 radical (unpaired) electrons. The molecule has 2 fully saturated rings. The molecule has 2 rings (SSSR count). The summed E-state index contributed by atoms with van der Waals surface area (Å²) in [5.41, 5.74) is 5.48. The predicted molar refractivity (Wildman–Crippen MR) is 104 cm³/mol. The number of carbonyl (C=O) groups excluding carboxylic acids is 1. The Morgan fingerprint density at radius 3 is 2.56 bits per heavy atom. The quantitative estimate of drug-likeness (QED) is 0.565. The topological polar surface area (TPSA) is 74.0 Å². The summed E-state index contributed by atoms with van der Waals surface area (Å²) in [5.74, 6) is 1.15. The molecule has 0 aromatic heterocycles. The summed E-state index contributed by atoms with van der Waals surface area (Å²) in [6.45, 7) is 12.6. The van der Waals surface area contributed by atoms with Crippen LogP contribution < -0.4 is 11.1 Å². The Bertz CT molecular complexity index is 457. The third-order valence-electron chi connectivity index (χ3n) is 5.47. The monoisotopic (exact) mass is 351 g/mol. The highest BCUT2D eigenvalue weighted by Gasteiger charge is 2.29. The maximum atomic E-state index is 11.3. The lowest BCUT2D eigenvalue weighted by Crippen LogP contribution is -2.51. The third-order valence-corrected chi connectivity index (χ3v) is 5.47. The number of carbonyl (C=O) groups is 1. The molecular formula is C19H37N5O. The summed E-state index contributed by atoms with van der Waals surface area (Å²) in [6.07, 6.45) is 6.61. The fourth-order valence-electron chi connectivity index (χ4n) is 4.00. The number of primary amides is 1. The summed E-state index contributed by atoms with van der Waals surface area (Å²) in [6, 6.07) is 0. The Morgan fingerprint density at radius 1 is 1.20 bits per heavy atom. The summed E-state index contributed by atoms with van der Waals surface area (Å²) in [5, 5.41) is 3.44. The zero-order chi connectivity index (χ0) is 18.3. The molecule has 1 amide bonds. The second-order valence-electron chi connectivity index (χ2n) is 8.16. The molecule has 0 saturated carbocycles. The molecule has 0 bridgehead atoms. The van der Waals surface area contributed by atoms with Crippen molar-refractivity contribution in [1.82, 2.24) is 15.1 Å². The standard InChI is InChI=1S/C19H37N5O/c1-4-21-18(23-10-8-9-16(14-23)13-17(20)25)22-15-19(2,3)24-11-6-5-7-12-24/h16H,4-15H2,1-3H3,(H2,20,25)(H,21,22). The number of nitrogens with one attached hydrogen (secondary N) is 1. The second kappa shape index (κ2) is 9.41. The lowest BCUT2D eigenvalue weighted by Gasteiger charge is -2.40. The van der Waals surface area contributed by atoms with Gasteiger partial charge in [0.2, 0.25) is 5.91 Å². The van der Waals surface area contributed by atoms with Crippen molar-refractivity contribution in [3.8, 4) is 0 Å². The van der Waals surface area contributed by atoms with Gasteiger partial charge >= 0.3 is 0 Å². The molecule has 3 N–H and O–H groups in total. The third kappa shape index (κ3) is 6.17. The minimum absolute atomic E-state index is 0.0868. The van der Waals surface area contributed by atoms with Crippen LogP contribution in [0.15, 0.2) is 4.99 Å². The minimum Gasteiger partial charge on any atom is -0.370 e. The number of nitrogens with two attached hydrogens (primary N) is 1. The fraction of sp³-hybridized carbons (Fsp3) is 0.895. The molecule has 1 unspecified atom stereocenters. The van der Waals surface area contributed by atoms with Crippen LogP contribution in [0.3, 0.4) is 0 Å². The van der Waals surface area contributed by atoms with Gasteiger partial charge in [-0.05, 0) is 65.5 Å². The highest BCUT2D eigenvalue weighted by molar-refractivity contribution is 5.80. The summed E-state index contributed by atoms with van der Waals surface area (Å²) >= 11 is 0. The smallest absolute Gasteiger partial charge is 0.217 e. The Hall–Kier alpha value is -1.30. The molecule has 1 atom stereocenters. The number of hydrogen-bond acceptors (Lipinski definition) is 3. The van der Waals surface area contributed by atoms with Crippen molar-refractivity contribution >= 4 is 11.9 Å². The van der Waals surface area contributed by atoms with Gasteiger partial charge in [0.15, 0.2) is 5.96 Å². The molecule has 2 aliphatic heterocycles. The van der Waals surface area contributed by atoms with Crippen LogP contribution in [0.5, 0.6) is 0 Å². The fourth-order valence-corrected chi connectivity index (χ4v) is 4.00. The number of guanidine groups is 1. The van der Waals surface area contributed by atoms with E-state index in [0.717, 1.165) is 45.0 Å². The van der Waals surface area contributed by atoms with Crippen LogP contribution in [-0.2, 0) is 4.79 Å². The van der Waals surface area contributed by atoms with Gasteiger partial charge in [-0.15, -0.1) is 0 Å². The van der Waals surface area contributed by atoms with Crippen molar-refractivity contribution in [2.24, 2.45) is 16.6 Å². The zero-order valence-corrected chi connectivity index (χ0v) is 16.4. The van der Waals surface area contributed by atoms with Gasteiger partial charge in [-0.3, -0.25) is 14.7 Å². The molecule has 6 heteroatoms. The van der Waals surface area contributed by atoms with Gasteiger partial charge in [0, 0.05) is 31.6 Å². The van der Waals surface area contributed by atoms with Crippen LogP contribution in [0, 0.1) is 5.92 Å². The van der Waals surface area contributed by atoms with Crippen molar-refractivity contribution < 1.29 is 4.79 Å². The van der Waals surface area contributed by atoms with Crippen molar-refractivity contribution in [3.63, 3.8) is 0 Å². The summed E-state index contributed by atoms with van der Waals surface area (Å²) in [7, 11) is 0. The molecule has 0 aliphatic carbocycles. The van der Waals surface area contributed by atoms with Gasteiger partial charge in [-0.1, -0.05) is 6.42 Å². The van der Waals surface area contributed by atoms with Gasteiger partial charge in [-0.25, -0.2) is 0 Å². The number of amides is 1. The first-order chi connectivity index (χ1) is 11.9. The normalized spacial score (nSPS) is 23.6. The lowest BCUT2D eigenvalue weighted by molar-refractivity contribution is -0.119. The number of piperidine rings is 2. The van der Waals surface area contributed by atoms with Crippen LogP contribution in [0.25, 0.3) is 0 Å². The Morgan fingerprint density at radius 2 is 1.92 bits per heavy atom. The molecule has 144 valence electrons. The zero-order valence-electron chi connectivity index (χ0n) is 16.4. The Kier molecular flexibility index (Phi) is 7.54. The molecule has 2 heterocycles. The van der Waals surface area contributed by atoms with Crippen LogP contribution in [0.1, 0.15) is 59.3 Å². The maximum Gasteiger partial charge on any atom is 0.217 e. The second-order valence-corrected chi connectivity index (χ2v) is 8.16. The number of likely N-dealkylation sites (tertiary alicyclic amines) is 2. The van der Waals surface area contributed by atoms with Gasteiger partial charge in [0.05, 0.1) is 6.54 Å². The van der Waals surface area contributed by atoms with Gasteiger partial charge < -0.3 is 16.0 Å². The SMILES string of the molecule is CCNC(=NCC(C)(C)N1CCCCC1)N1CCCC(CC(N)=O)C1. The van der Waals surface area contributed by atoms with E-state index in [1.54, 1.807) is 0 Å². The first-order valence-electron chi connectivity index (χ1n) is 9.99. The molecule has 6 nitrogen and oxygen atoms in total. The van der Waals surface area contributed by atoms with Crippen molar-refractivity contribution in [3.05, 3.63) is 0 Å². The minimum atomic E-state index is -0.194. The van der Waals surface area contributed by atoms with Gasteiger partial charge in [0.25, 0.3) is 0 Å². The number of hydrogen-bond donors (Lipinski definition) is 2. The molecule has 0 spiro atoms. The van der Waals surface area contributed by atoms with E-state index in [-0.39, 0.29) is 11.4 Å². The molecule has 2 aliphatic rings. The molecule has 0 aromatic carbocycles. The molecule has 0 aromatic rings. The summed E-state index contributed by atoms with van der Waals surface area (Å²) < 4.78 is 0. The van der Waals surface area contributed by atoms with E-state index in [0.29, 0.717) is 12.3 Å². The number of rotatable bonds is 6. The highest BCUT2D eigenvalue weighted by Crippen LogP contribution is 2.22. The van der Waals surface area contributed by atoms with Crippen molar-refractivity contribution in [2.75, 3.05) is 39.3 Å². The molecular weight excluding hydrogens is 314 g/mol. The van der Waals surface area contributed by atoms with Crippen LogP contribution >= 0.6 is 0 Å². The van der Waals surface area contributed by atoms with E-state index in [9.17, 15) is 4.79 Å². The first-order valence-corrected chi connectivity index (χ1v) is 9.99. The first kappa shape index (κ1) is 20.0. The van der Waals surface area contributed by atoms with E-state index in [2.05, 4.69) is 35.9 Å². The highest BCUT2D eigenvalue weighted by atomic mass is 16.1. The Balaban J connectivity index is 2.00. The van der Waals surface area contributed by atoms with E-state index in [4.69, 9.17) is 10.7 Å². The van der Waals surface area contributed by atoms with Gasteiger partial charge in [0.1, 0.15) is 0 Å². The Labute approximate surface area is 153 Å². The average Bonchev–Trinajstić information content (AvgIpc) is 2.59. The van der Waals surface area contributed by atoms with Crippen LogP contribution in [-0.4, -0.2) is 66.5 Å². The van der Waals surface area contributed by atoms with Crippen molar-refractivity contribution in [1.29, 1.82) is 0 Å². The molecule has 25 heavy (non-hydrogen) atoms. The summed E-state index contributed by atoms with van der Waals surface area (Å²) in [4.78, 5) is 21.1. The number of nitrogens with zero attached hydrogens (tertiary/aromatic N) is 3. The average molecular weight is 352 g/mol.